The van der Waals surface area contributed by atoms with Crippen molar-refractivity contribution >= 4 is 0 Å². The number of quaternary nitrogens is 1. The van der Waals surface area contributed by atoms with Crippen LogP contribution in [0.1, 0.15) is 11.5 Å². The lowest BCUT2D eigenvalue weighted by atomic mass is 10.1. The Morgan fingerprint density at radius 1 is 0.952 bits per heavy atom. The molecule has 21 heavy (non-hydrogen) atoms. The van der Waals surface area contributed by atoms with Gasteiger partial charge in [0.05, 0.1) is 11.3 Å². The number of nitrogens with zero attached hydrogens (tertiary/aromatic N) is 1. The van der Waals surface area contributed by atoms with Gasteiger partial charge < -0.3 is 9.73 Å². The van der Waals surface area contributed by atoms with Crippen LogP contribution < -0.4 is 5.32 Å². The van der Waals surface area contributed by atoms with Crippen LogP contribution >= 0.6 is 0 Å². The van der Waals surface area contributed by atoms with E-state index in [1.807, 2.05) is 30.3 Å². The molecule has 2 heterocycles. The van der Waals surface area contributed by atoms with Crippen molar-refractivity contribution in [3.05, 3.63) is 78.1 Å². The van der Waals surface area contributed by atoms with Gasteiger partial charge in [-0.15, -0.1) is 0 Å². The van der Waals surface area contributed by atoms with Crippen LogP contribution in [0.2, 0.25) is 0 Å². The number of benzene rings is 1. The molecule has 0 atom stereocenters. The van der Waals surface area contributed by atoms with Crippen molar-refractivity contribution in [2.75, 3.05) is 0 Å². The largest absolute Gasteiger partial charge is 0.455 e. The lowest BCUT2D eigenvalue weighted by Gasteiger charge is -2.00. The molecule has 0 spiro atoms. The normalized spacial score (nSPS) is 10.7. The summed E-state index contributed by atoms with van der Waals surface area (Å²) in [6, 6.07) is 16.2. The first kappa shape index (κ1) is 13.5. The Labute approximate surface area is 122 Å². The van der Waals surface area contributed by atoms with Crippen molar-refractivity contribution in [2.45, 2.75) is 13.1 Å². The highest BCUT2D eigenvalue weighted by atomic mass is 19.1. The van der Waals surface area contributed by atoms with Crippen LogP contribution in [0.4, 0.5) is 4.39 Å². The van der Waals surface area contributed by atoms with E-state index < -0.39 is 0 Å². The molecule has 1 aromatic carbocycles. The summed E-state index contributed by atoms with van der Waals surface area (Å²) in [7, 11) is 0. The Hall–Kier alpha value is -2.46. The second-order valence-corrected chi connectivity index (χ2v) is 4.76. The molecule has 3 rings (SSSR count). The predicted octanol–water partition coefficient (Wildman–Crippen LogP) is 2.74. The lowest BCUT2D eigenvalue weighted by molar-refractivity contribution is -0.688. The van der Waals surface area contributed by atoms with E-state index in [4.69, 9.17) is 4.42 Å². The SMILES string of the molecule is Fc1ccccc1-c1ccc(C[NH2+]Cc2ccccn2)o1. The number of aromatic nitrogens is 1. The third-order valence-corrected chi connectivity index (χ3v) is 3.23. The first-order valence-corrected chi connectivity index (χ1v) is 6.88. The van der Waals surface area contributed by atoms with E-state index in [0.717, 1.165) is 18.0 Å². The molecule has 4 heteroatoms. The molecule has 106 valence electrons. The molecule has 0 radical (unpaired) electrons. The van der Waals surface area contributed by atoms with Crippen molar-refractivity contribution in [1.82, 2.24) is 4.98 Å². The maximum absolute atomic E-state index is 13.7. The second-order valence-electron chi connectivity index (χ2n) is 4.76. The summed E-state index contributed by atoms with van der Waals surface area (Å²) < 4.78 is 19.4. The summed E-state index contributed by atoms with van der Waals surface area (Å²) in [5.74, 6) is 1.12. The number of pyridine rings is 1. The van der Waals surface area contributed by atoms with Crippen LogP contribution in [0, 0.1) is 5.82 Å². The average Bonchev–Trinajstić information content (AvgIpc) is 2.97. The van der Waals surface area contributed by atoms with E-state index in [1.54, 1.807) is 24.4 Å². The van der Waals surface area contributed by atoms with Gasteiger partial charge in [0.2, 0.25) is 0 Å². The van der Waals surface area contributed by atoms with E-state index in [2.05, 4.69) is 10.3 Å². The van der Waals surface area contributed by atoms with Crippen molar-refractivity contribution in [1.29, 1.82) is 0 Å². The van der Waals surface area contributed by atoms with Crippen molar-refractivity contribution in [3.8, 4) is 11.3 Å². The first-order chi connectivity index (χ1) is 10.3. The van der Waals surface area contributed by atoms with Crippen molar-refractivity contribution in [3.63, 3.8) is 0 Å². The second kappa shape index (κ2) is 6.33. The van der Waals surface area contributed by atoms with E-state index in [9.17, 15) is 4.39 Å². The Balaban J connectivity index is 1.62. The highest BCUT2D eigenvalue weighted by Crippen LogP contribution is 2.24. The number of hydrogen-bond acceptors (Lipinski definition) is 2. The molecule has 3 aromatic rings. The topological polar surface area (TPSA) is 42.6 Å². The van der Waals surface area contributed by atoms with Crippen LogP contribution in [0.3, 0.4) is 0 Å². The fourth-order valence-corrected chi connectivity index (χ4v) is 2.17. The summed E-state index contributed by atoms with van der Waals surface area (Å²) in [6.45, 7) is 1.49. The van der Waals surface area contributed by atoms with Crippen LogP contribution in [-0.4, -0.2) is 4.98 Å². The maximum Gasteiger partial charge on any atom is 0.158 e. The molecular weight excluding hydrogens is 267 g/mol. The average molecular weight is 283 g/mol. The molecule has 0 bridgehead atoms. The fraction of sp³-hybridized carbons (Fsp3) is 0.118. The molecule has 2 N–H and O–H groups in total. The number of nitrogens with two attached hydrogens (primary N) is 1. The smallest absolute Gasteiger partial charge is 0.158 e. The van der Waals surface area contributed by atoms with Gasteiger partial charge in [0.15, 0.2) is 5.76 Å². The van der Waals surface area contributed by atoms with Crippen LogP contribution in [0.5, 0.6) is 0 Å². The van der Waals surface area contributed by atoms with Gasteiger partial charge in [-0.2, -0.15) is 0 Å². The summed E-state index contributed by atoms with van der Waals surface area (Å²) >= 11 is 0. The quantitative estimate of drug-likeness (QED) is 0.782. The van der Waals surface area contributed by atoms with Gasteiger partial charge >= 0.3 is 0 Å². The minimum Gasteiger partial charge on any atom is -0.455 e. The Bertz CT molecular complexity index is 710. The Morgan fingerprint density at radius 2 is 1.81 bits per heavy atom. The van der Waals surface area contributed by atoms with Gasteiger partial charge in [0.25, 0.3) is 0 Å². The van der Waals surface area contributed by atoms with Gasteiger partial charge in [-0.1, -0.05) is 18.2 Å². The maximum atomic E-state index is 13.7. The van der Waals surface area contributed by atoms with Crippen LogP contribution in [0.15, 0.2) is 65.2 Å². The zero-order valence-corrected chi connectivity index (χ0v) is 11.5. The highest BCUT2D eigenvalue weighted by Gasteiger charge is 2.09. The molecular formula is C17H16FN2O+. The van der Waals surface area contributed by atoms with Gasteiger partial charge in [-0.25, -0.2) is 4.39 Å². The lowest BCUT2D eigenvalue weighted by Crippen LogP contribution is -2.80. The number of hydrogen-bond donors (Lipinski definition) is 1. The predicted molar refractivity (Wildman–Crippen MR) is 77.7 cm³/mol. The number of halogens is 1. The molecule has 3 nitrogen and oxygen atoms in total. The zero-order valence-electron chi connectivity index (χ0n) is 11.5. The molecule has 0 unspecified atom stereocenters. The molecule has 0 aliphatic heterocycles. The van der Waals surface area contributed by atoms with Gasteiger partial charge in [0.1, 0.15) is 24.7 Å². The van der Waals surface area contributed by atoms with E-state index in [0.29, 0.717) is 17.9 Å². The van der Waals surface area contributed by atoms with Crippen molar-refractivity contribution in [2.24, 2.45) is 0 Å². The van der Waals surface area contributed by atoms with E-state index >= 15 is 0 Å². The first-order valence-electron chi connectivity index (χ1n) is 6.88. The Morgan fingerprint density at radius 3 is 2.62 bits per heavy atom. The third-order valence-electron chi connectivity index (χ3n) is 3.23. The summed E-state index contributed by atoms with van der Waals surface area (Å²) in [6.07, 6.45) is 1.78. The standard InChI is InChI=1S/C17H15FN2O/c18-16-7-2-1-6-15(16)17-9-8-14(21-17)12-19-11-13-5-3-4-10-20-13/h1-10,19H,11-12H2/p+1. The molecule has 2 aromatic heterocycles. The molecule has 0 saturated heterocycles. The molecule has 0 saturated carbocycles. The molecule has 0 aliphatic carbocycles. The van der Waals surface area contributed by atoms with E-state index in [-0.39, 0.29) is 5.82 Å². The zero-order chi connectivity index (χ0) is 14.5. The Kier molecular flexibility index (Phi) is 4.07. The fourth-order valence-electron chi connectivity index (χ4n) is 2.17. The van der Waals surface area contributed by atoms with Gasteiger partial charge in [0, 0.05) is 6.20 Å². The molecule has 0 amide bonds. The van der Waals surface area contributed by atoms with Crippen molar-refractivity contribution < 1.29 is 14.1 Å². The summed E-state index contributed by atoms with van der Waals surface area (Å²) in [4.78, 5) is 4.26. The van der Waals surface area contributed by atoms with Gasteiger partial charge in [-0.3, -0.25) is 4.98 Å². The molecule has 0 aliphatic rings. The van der Waals surface area contributed by atoms with E-state index in [1.165, 1.54) is 6.07 Å². The minimum absolute atomic E-state index is 0.268. The third kappa shape index (κ3) is 3.35. The molecule has 0 fully saturated rings. The number of rotatable bonds is 5. The van der Waals surface area contributed by atoms with Crippen LogP contribution in [0.25, 0.3) is 11.3 Å². The summed E-state index contributed by atoms with van der Waals surface area (Å²) in [5.41, 5.74) is 1.52. The van der Waals surface area contributed by atoms with Crippen LogP contribution in [-0.2, 0) is 13.1 Å². The summed E-state index contributed by atoms with van der Waals surface area (Å²) in [5, 5.41) is 2.10. The highest BCUT2D eigenvalue weighted by molar-refractivity contribution is 5.58. The minimum atomic E-state index is -0.268. The monoisotopic (exact) mass is 283 g/mol. The van der Waals surface area contributed by atoms with Gasteiger partial charge in [-0.05, 0) is 36.4 Å². The number of furan rings is 1.